The summed E-state index contributed by atoms with van der Waals surface area (Å²) in [5.74, 6) is -0.416. The normalized spacial score (nSPS) is 9.36. The molecule has 0 unspecified atom stereocenters. The number of rotatable bonds is 6. The number of aliphatic hydroxyl groups is 1. The molecule has 0 aliphatic carbocycles. The monoisotopic (exact) mass is 198 g/mol. The van der Waals surface area contributed by atoms with Gasteiger partial charge in [-0.25, -0.2) is 4.79 Å². The van der Waals surface area contributed by atoms with Crippen LogP contribution in [0.5, 0.6) is 0 Å². The smallest absolute Gasteiger partial charge is 0.333 e. The van der Waals surface area contributed by atoms with Crippen LogP contribution in [-0.2, 0) is 9.53 Å². The van der Waals surface area contributed by atoms with Gasteiger partial charge in [-0.05, 0) is 26.7 Å². The average Bonchev–Trinajstić information content (AvgIpc) is 2.13. The molecule has 0 atom stereocenters. The van der Waals surface area contributed by atoms with Crippen LogP contribution in [0, 0.1) is 0 Å². The fraction of sp³-hybridized carbons (Fsp3) is 0.545. The summed E-state index contributed by atoms with van der Waals surface area (Å²) < 4.78 is 4.70. The van der Waals surface area contributed by atoms with Crippen molar-refractivity contribution in [2.24, 2.45) is 0 Å². The number of esters is 1. The third-order valence-electron chi connectivity index (χ3n) is 1.61. The van der Waals surface area contributed by atoms with Crippen molar-refractivity contribution in [1.82, 2.24) is 0 Å². The van der Waals surface area contributed by atoms with Gasteiger partial charge >= 0.3 is 5.97 Å². The molecule has 0 heterocycles. The molecule has 14 heavy (non-hydrogen) atoms. The molecule has 0 aromatic rings. The lowest BCUT2D eigenvalue weighted by Crippen LogP contribution is -2.10. The second kappa shape index (κ2) is 7.33. The average molecular weight is 198 g/mol. The molecule has 0 aromatic carbocycles. The van der Waals surface area contributed by atoms with Gasteiger partial charge in [-0.3, -0.25) is 0 Å². The molecule has 80 valence electrons. The zero-order valence-corrected chi connectivity index (χ0v) is 8.88. The van der Waals surface area contributed by atoms with Crippen LogP contribution in [0.25, 0.3) is 0 Å². The minimum absolute atomic E-state index is 0.0422. The van der Waals surface area contributed by atoms with Gasteiger partial charge in [0, 0.05) is 5.57 Å². The summed E-state index contributed by atoms with van der Waals surface area (Å²) in [6, 6.07) is 0. The number of hydrogen-bond acceptors (Lipinski definition) is 3. The molecule has 0 aromatic heterocycles. The van der Waals surface area contributed by atoms with Crippen molar-refractivity contribution in [3.8, 4) is 0 Å². The van der Waals surface area contributed by atoms with Crippen molar-refractivity contribution in [3.05, 3.63) is 23.8 Å². The quantitative estimate of drug-likeness (QED) is 0.402. The number of hydrogen-bond donors (Lipinski definition) is 1. The fourth-order valence-electron chi connectivity index (χ4n) is 0.878. The highest BCUT2D eigenvalue weighted by Gasteiger charge is 2.06. The van der Waals surface area contributed by atoms with E-state index in [0.717, 1.165) is 6.42 Å². The van der Waals surface area contributed by atoms with Crippen molar-refractivity contribution in [3.63, 3.8) is 0 Å². The molecule has 3 nitrogen and oxygen atoms in total. The van der Waals surface area contributed by atoms with Crippen LogP contribution in [0.4, 0.5) is 0 Å². The first kappa shape index (κ1) is 12.9. The van der Waals surface area contributed by atoms with E-state index in [2.05, 4.69) is 6.58 Å². The summed E-state index contributed by atoms with van der Waals surface area (Å²) in [5.41, 5.74) is 1.68. The Labute approximate surface area is 85.1 Å². The Kier molecular flexibility index (Phi) is 6.76. The van der Waals surface area contributed by atoms with Gasteiger partial charge in [-0.1, -0.05) is 18.2 Å². The molecular formula is C11H18O3. The Morgan fingerprint density at radius 2 is 2.14 bits per heavy atom. The molecule has 3 heteroatoms. The first-order valence-electron chi connectivity index (χ1n) is 4.67. The van der Waals surface area contributed by atoms with Crippen molar-refractivity contribution < 1.29 is 14.6 Å². The van der Waals surface area contributed by atoms with E-state index >= 15 is 0 Å². The molecule has 0 spiro atoms. The minimum Gasteiger partial charge on any atom is -0.460 e. The van der Waals surface area contributed by atoms with Crippen LogP contribution in [0.2, 0.25) is 0 Å². The van der Waals surface area contributed by atoms with Crippen LogP contribution >= 0.6 is 0 Å². The topological polar surface area (TPSA) is 46.5 Å². The summed E-state index contributed by atoms with van der Waals surface area (Å²) in [5, 5.41) is 8.43. The van der Waals surface area contributed by atoms with E-state index in [1.807, 2.05) is 19.9 Å². The van der Waals surface area contributed by atoms with E-state index in [1.54, 1.807) is 0 Å². The number of carbonyl (C=O) groups is 1. The maximum Gasteiger partial charge on any atom is 0.333 e. The number of aliphatic hydroxyl groups excluding tert-OH is 1. The standard InChI is InChI=1S/C11H18O3/c1-9(2)5-4-6-10(3)11(13)14-8-7-12/h5,12H,3-4,6-8H2,1-2H3. The highest BCUT2D eigenvalue weighted by Crippen LogP contribution is 2.06. The van der Waals surface area contributed by atoms with Crippen LogP contribution < -0.4 is 0 Å². The van der Waals surface area contributed by atoms with Gasteiger partial charge in [0.1, 0.15) is 6.61 Å². The van der Waals surface area contributed by atoms with E-state index in [0.29, 0.717) is 12.0 Å². The van der Waals surface area contributed by atoms with Gasteiger partial charge < -0.3 is 9.84 Å². The molecule has 1 N–H and O–H groups in total. The fourth-order valence-corrected chi connectivity index (χ4v) is 0.878. The number of carbonyl (C=O) groups excluding carboxylic acids is 1. The second-order valence-electron chi connectivity index (χ2n) is 3.28. The highest BCUT2D eigenvalue weighted by molar-refractivity contribution is 5.87. The Morgan fingerprint density at radius 1 is 1.50 bits per heavy atom. The van der Waals surface area contributed by atoms with Crippen LogP contribution in [-0.4, -0.2) is 24.3 Å². The van der Waals surface area contributed by atoms with E-state index in [4.69, 9.17) is 9.84 Å². The van der Waals surface area contributed by atoms with E-state index in [-0.39, 0.29) is 13.2 Å². The zero-order valence-electron chi connectivity index (χ0n) is 8.88. The molecule has 0 radical (unpaired) electrons. The molecule has 0 aliphatic heterocycles. The van der Waals surface area contributed by atoms with Gasteiger partial charge in [0.15, 0.2) is 0 Å². The molecule has 0 fully saturated rings. The molecule has 0 bridgehead atoms. The summed E-state index contributed by atoms with van der Waals surface area (Å²) in [4.78, 5) is 11.1. The molecule has 0 amide bonds. The van der Waals surface area contributed by atoms with E-state index in [9.17, 15) is 4.79 Å². The van der Waals surface area contributed by atoms with E-state index in [1.165, 1.54) is 5.57 Å². The summed E-state index contributed by atoms with van der Waals surface area (Å²) >= 11 is 0. The third kappa shape index (κ3) is 6.43. The molecular weight excluding hydrogens is 180 g/mol. The summed E-state index contributed by atoms with van der Waals surface area (Å²) in [7, 11) is 0. The molecule has 0 aliphatic rings. The predicted molar refractivity (Wildman–Crippen MR) is 55.8 cm³/mol. The van der Waals surface area contributed by atoms with Crippen molar-refractivity contribution in [1.29, 1.82) is 0 Å². The van der Waals surface area contributed by atoms with Gasteiger partial charge in [-0.15, -0.1) is 0 Å². The molecule has 0 saturated heterocycles. The third-order valence-corrected chi connectivity index (χ3v) is 1.61. The Morgan fingerprint density at radius 3 is 2.64 bits per heavy atom. The van der Waals surface area contributed by atoms with Crippen LogP contribution in [0.1, 0.15) is 26.7 Å². The lowest BCUT2D eigenvalue weighted by atomic mass is 10.1. The first-order valence-corrected chi connectivity index (χ1v) is 4.67. The van der Waals surface area contributed by atoms with E-state index < -0.39 is 5.97 Å². The minimum atomic E-state index is -0.416. The van der Waals surface area contributed by atoms with Crippen LogP contribution in [0.3, 0.4) is 0 Å². The Hall–Kier alpha value is -1.09. The maximum absolute atomic E-state index is 11.1. The number of allylic oxidation sites excluding steroid dienone is 2. The van der Waals surface area contributed by atoms with Crippen molar-refractivity contribution >= 4 is 5.97 Å². The summed E-state index contributed by atoms with van der Waals surface area (Å²) in [6.45, 7) is 7.53. The number of ether oxygens (including phenoxy) is 1. The maximum atomic E-state index is 11.1. The Balaban J connectivity index is 3.73. The van der Waals surface area contributed by atoms with Gasteiger partial charge in [0.05, 0.1) is 6.61 Å². The summed E-state index contributed by atoms with van der Waals surface area (Å²) in [6.07, 6.45) is 3.45. The lowest BCUT2D eigenvalue weighted by Gasteiger charge is -2.04. The SMILES string of the molecule is C=C(CCC=C(C)C)C(=O)OCCO. The van der Waals surface area contributed by atoms with Crippen LogP contribution in [0.15, 0.2) is 23.8 Å². The van der Waals surface area contributed by atoms with Gasteiger partial charge in [0.25, 0.3) is 0 Å². The first-order chi connectivity index (χ1) is 6.57. The highest BCUT2D eigenvalue weighted by atomic mass is 16.5. The van der Waals surface area contributed by atoms with Crippen molar-refractivity contribution in [2.75, 3.05) is 13.2 Å². The predicted octanol–water partition coefficient (Wildman–Crippen LogP) is 1.82. The molecule has 0 saturated carbocycles. The second-order valence-corrected chi connectivity index (χ2v) is 3.28. The Bertz CT molecular complexity index is 225. The van der Waals surface area contributed by atoms with Crippen molar-refractivity contribution in [2.45, 2.75) is 26.7 Å². The van der Waals surface area contributed by atoms with Gasteiger partial charge in [-0.2, -0.15) is 0 Å². The lowest BCUT2D eigenvalue weighted by molar-refractivity contribution is -0.140. The molecule has 0 rings (SSSR count). The zero-order chi connectivity index (χ0) is 11.0. The van der Waals surface area contributed by atoms with Gasteiger partial charge in [0.2, 0.25) is 0 Å². The largest absolute Gasteiger partial charge is 0.460 e.